The number of thiophene rings is 1. The fraction of sp³-hybridized carbons (Fsp3) is 0.333. The predicted molar refractivity (Wildman–Crippen MR) is 118 cm³/mol. The molecule has 4 rings (SSSR count). The van der Waals surface area contributed by atoms with Gasteiger partial charge < -0.3 is 30.3 Å². The number of aliphatic hydroxyl groups is 5. The Morgan fingerprint density at radius 3 is 2.41 bits per heavy atom. The zero-order valence-corrected chi connectivity index (χ0v) is 18.2. The summed E-state index contributed by atoms with van der Waals surface area (Å²) in [6.45, 7) is 1.29. The summed E-state index contributed by atoms with van der Waals surface area (Å²) in [7, 11) is 0. The van der Waals surface area contributed by atoms with E-state index >= 15 is 0 Å². The minimum absolute atomic E-state index is 0.213. The van der Waals surface area contributed by atoms with Gasteiger partial charge in [0, 0.05) is 21.7 Å². The summed E-state index contributed by atoms with van der Waals surface area (Å²) in [5.74, 6) is -2.58. The topological polar surface area (TPSA) is 110 Å². The quantitative estimate of drug-likeness (QED) is 0.399. The van der Waals surface area contributed by atoms with Crippen LogP contribution in [0.2, 0.25) is 0 Å². The van der Waals surface area contributed by atoms with Gasteiger partial charge in [-0.15, -0.1) is 11.3 Å². The smallest absolute Gasteiger partial charge is 0.222 e. The van der Waals surface area contributed by atoms with Crippen LogP contribution in [0, 0.1) is 12.7 Å². The van der Waals surface area contributed by atoms with Crippen molar-refractivity contribution in [1.82, 2.24) is 0 Å². The van der Waals surface area contributed by atoms with E-state index in [2.05, 4.69) is 0 Å². The number of hydrogen-bond acceptors (Lipinski definition) is 7. The lowest BCUT2D eigenvalue weighted by Gasteiger charge is -2.45. The molecule has 2 aromatic carbocycles. The van der Waals surface area contributed by atoms with E-state index in [1.54, 1.807) is 41.7 Å². The molecule has 8 heteroatoms. The molecule has 1 aliphatic heterocycles. The Bertz CT molecular complexity index is 1080. The molecule has 5 atom stereocenters. The van der Waals surface area contributed by atoms with Gasteiger partial charge in [0.25, 0.3) is 0 Å². The van der Waals surface area contributed by atoms with Crippen molar-refractivity contribution in [2.24, 2.45) is 0 Å². The van der Waals surface area contributed by atoms with E-state index in [1.807, 2.05) is 19.1 Å². The highest BCUT2D eigenvalue weighted by molar-refractivity contribution is 7.15. The number of halogens is 1. The van der Waals surface area contributed by atoms with E-state index in [9.17, 15) is 29.9 Å². The molecule has 6 nitrogen and oxygen atoms in total. The second kappa shape index (κ2) is 8.99. The molecule has 2 unspecified atom stereocenters. The Labute approximate surface area is 188 Å². The summed E-state index contributed by atoms with van der Waals surface area (Å²) < 4.78 is 18.6. The largest absolute Gasteiger partial charge is 0.394 e. The summed E-state index contributed by atoms with van der Waals surface area (Å²) in [6, 6.07) is 15.3. The van der Waals surface area contributed by atoms with Gasteiger partial charge in [-0.1, -0.05) is 24.3 Å². The van der Waals surface area contributed by atoms with Gasteiger partial charge in [0.05, 0.1) is 6.61 Å². The van der Waals surface area contributed by atoms with Gasteiger partial charge in [-0.25, -0.2) is 4.39 Å². The van der Waals surface area contributed by atoms with Crippen molar-refractivity contribution in [2.75, 3.05) is 6.61 Å². The second-order valence-corrected chi connectivity index (χ2v) is 9.22. The second-order valence-electron chi connectivity index (χ2n) is 8.05. The zero-order chi connectivity index (χ0) is 23.0. The fourth-order valence-electron chi connectivity index (χ4n) is 3.91. The molecule has 1 aromatic heterocycles. The van der Waals surface area contributed by atoms with Crippen LogP contribution < -0.4 is 0 Å². The lowest BCUT2D eigenvalue weighted by atomic mass is 9.86. The molecule has 170 valence electrons. The maximum absolute atomic E-state index is 13.2. The molecule has 0 saturated carbocycles. The third-order valence-corrected chi connectivity index (χ3v) is 7.02. The van der Waals surface area contributed by atoms with Gasteiger partial charge in [0.2, 0.25) is 5.79 Å². The SMILES string of the molecule is Cc1ccc([C@]2(O)OC(CO)C(O)[C@H](O)[C@H]2O)cc1Cc1ccc(-c2ccc(F)cc2)s1. The molecule has 0 spiro atoms. The van der Waals surface area contributed by atoms with Crippen molar-refractivity contribution in [3.05, 3.63) is 82.0 Å². The standard InChI is InChI=1S/C24H25FO6S/c1-13-2-5-16(24(30)23(29)22(28)21(27)19(12-26)31-24)10-15(13)11-18-8-9-20(32-18)14-3-6-17(25)7-4-14/h2-10,19,21-23,26-30H,11-12H2,1H3/t19?,21?,22-,23+,24-/m0/s1. The van der Waals surface area contributed by atoms with Gasteiger partial charge in [0.1, 0.15) is 30.2 Å². The first kappa shape index (κ1) is 23.0. The Hall–Kier alpha value is -2.17. The lowest BCUT2D eigenvalue weighted by molar-refractivity contribution is -0.357. The van der Waals surface area contributed by atoms with Gasteiger partial charge in [-0.05, 0) is 53.9 Å². The number of aryl methyl sites for hydroxylation is 1. The van der Waals surface area contributed by atoms with Crippen LogP contribution in [0.15, 0.2) is 54.6 Å². The molecule has 0 amide bonds. The fourth-order valence-corrected chi connectivity index (χ4v) is 4.94. The molecule has 1 fully saturated rings. The van der Waals surface area contributed by atoms with E-state index < -0.39 is 36.8 Å². The van der Waals surface area contributed by atoms with Crippen LogP contribution >= 0.6 is 11.3 Å². The van der Waals surface area contributed by atoms with E-state index in [4.69, 9.17) is 4.74 Å². The molecule has 0 bridgehead atoms. The van der Waals surface area contributed by atoms with Crippen molar-refractivity contribution in [1.29, 1.82) is 0 Å². The third-order valence-electron chi connectivity index (χ3n) is 5.88. The molecule has 2 heterocycles. The van der Waals surface area contributed by atoms with Crippen LogP contribution in [0.1, 0.15) is 21.6 Å². The van der Waals surface area contributed by atoms with Gasteiger partial charge in [-0.3, -0.25) is 0 Å². The number of ether oxygens (including phenoxy) is 1. The van der Waals surface area contributed by atoms with Crippen LogP contribution in [0.5, 0.6) is 0 Å². The molecule has 32 heavy (non-hydrogen) atoms. The van der Waals surface area contributed by atoms with Crippen molar-refractivity contribution >= 4 is 11.3 Å². The first-order chi connectivity index (χ1) is 15.2. The van der Waals surface area contributed by atoms with Crippen molar-refractivity contribution < 1.29 is 34.7 Å². The monoisotopic (exact) mass is 460 g/mol. The molecule has 1 aliphatic rings. The van der Waals surface area contributed by atoms with Crippen LogP contribution in [0.25, 0.3) is 10.4 Å². The maximum atomic E-state index is 13.2. The third kappa shape index (κ3) is 4.23. The minimum Gasteiger partial charge on any atom is -0.394 e. The molecular formula is C24H25FO6S. The molecule has 1 saturated heterocycles. The van der Waals surface area contributed by atoms with Gasteiger partial charge in [-0.2, -0.15) is 0 Å². The molecule has 0 radical (unpaired) electrons. The number of rotatable bonds is 5. The average molecular weight is 461 g/mol. The highest BCUT2D eigenvalue weighted by atomic mass is 32.1. The van der Waals surface area contributed by atoms with E-state index in [1.165, 1.54) is 12.1 Å². The zero-order valence-electron chi connectivity index (χ0n) is 17.4. The summed E-state index contributed by atoms with van der Waals surface area (Å²) >= 11 is 1.57. The van der Waals surface area contributed by atoms with Crippen molar-refractivity contribution in [3.8, 4) is 10.4 Å². The summed E-state index contributed by atoms with van der Waals surface area (Å²) in [4.78, 5) is 2.05. The summed E-state index contributed by atoms with van der Waals surface area (Å²) in [5.41, 5.74) is 2.97. The molecular weight excluding hydrogens is 435 g/mol. The number of hydrogen-bond donors (Lipinski definition) is 5. The van der Waals surface area contributed by atoms with Crippen LogP contribution in [-0.2, 0) is 16.9 Å². The Balaban J connectivity index is 1.61. The Morgan fingerprint density at radius 1 is 1.00 bits per heavy atom. The molecule has 5 N–H and O–H groups in total. The Kier molecular flexibility index (Phi) is 6.46. The van der Waals surface area contributed by atoms with Crippen LogP contribution in [-0.4, -0.2) is 56.6 Å². The highest BCUT2D eigenvalue weighted by Gasteiger charge is 2.53. The maximum Gasteiger partial charge on any atom is 0.222 e. The van der Waals surface area contributed by atoms with Crippen molar-refractivity contribution in [3.63, 3.8) is 0 Å². The van der Waals surface area contributed by atoms with E-state index in [-0.39, 0.29) is 11.4 Å². The van der Waals surface area contributed by atoms with Crippen LogP contribution in [0.3, 0.4) is 0 Å². The lowest BCUT2D eigenvalue weighted by Crippen LogP contribution is -2.63. The predicted octanol–water partition coefficient (Wildman–Crippen LogP) is 2.07. The first-order valence-corrected chi connectivity index (χ1v) is 11.0. The van der Waals surface area contributed by atoms with Crippen LogP contribution in [0.4, 0.5) is 4.39 Å². The first-order valence-electron chi connectivity index (χ1n) is 10.2. The van der Waals surface area contributed by atoms with Gasteiger partial charge >= 0.3 is 0 Å². The molecule has 3 aromatic rings. The summed E-state index contributed by atoms with van der Waals surface area (Å²) in [5, 5.41) is 51.1. The minimum atomic E-state index is -2.29. The Morgan fingerprint density at radius 2 is 1.72 bits per heavy atom. The highest BCUT2D eigenvalue weighted by Crippen LogP contribution is 2.38. The molecule has 0 aliphatic carbocycles. The normalized spacial score (nSPS) is 28.1. The average Bonchev–Trinajstić information content (AvgIpc) is 3.25. The summed E-state index contributed by atoms with van der Waals surface area (Å²) in [6.07, 6.45) is -5.73. The number of benzene rings is 2. The van der Waals surface area contributed by atoms with E-state index in [0.717, 1.165) is 26.4 Å². The van der Waals surface area contributed by atoms with Crippen molar-refractivity contribution in [2.45, 2.75) is 43.5 Å². The van der Waals surface area contributed by atoms with Gasteiger partial charge in [0.15, 0.2) is 0 Å². The number of aliphatic hydroxyl groups excluding tert-OH is 4. The van der Waals surface area contributed by atoms with E-state index in [0.29, 0.717) is 6.42 Å².